The van der Waals surface area contributed by atoms with Crippen molar-refractivity contribution >= 4 is 11.9 Å². The van der Waals surface area contributed by atoms with Gasteiger partial charge < -0.3 is 9.64 Å². The van der Waals surface area contributed by atoms with Crippen LogP contribution in [0.15, 0.2) is 12.2 Å². The summed E-state index contributed by atoms with van der Waals surface area (Å²) in [4.78, 5) is 25.6. The lowest BCUT2D eigenvalue weighted by molar-refractivity contribution is -0.145. The third kappa shape index (κ3) is 11.2. The van der Waals surface area contributed by atoms with Crippen LogP contribution in [0.5, 0.6) is 0 Å². The molecule has 0 aliphatic carbocycles. The molecule has 4 heteroatoms. The minimum Gasteiger partial charge on any atom is -0.459 e. The van der Waals surface area contributed by atoms with Crippen molar-refractivity contribution in [1.82, 2.24) is 4.90 Å². The van der Waals surface area contributed by atoms with E-state index in [9.17, 15) is 9.59 Å². The van der Waals surface area contributed by atoms with Crippen LogP contribution < -0.4 is 0 Å². The molecule has 1 unspecified atom stereocenters. The van der Waals surface area contributed by atoms with E-state index in [1.165, 1.54) is 57.8 Å². The summed E-state index contributed by atoms with van der Waals surface area (Å²) in [6, 6.07) is 0. The molecule has 0 aromatic heterocycles. The summed E-state index contributed by atoms with van der Waals surface area (Å²) in [6.07, 6.45) is 16.1. The molecule has 1 rings (SSSR count). The number of unbranched alkanes of at least 4 members (excludes halogenated alkanes) is 9. The fourth-order valence-corrected chi connectivity index (χ4v) is 3.61. The predicted molar refractivity (Wildman–Crippen MR) is 112 cm³/mol. The van der Waals surface area contributed by atoms with Crippen LogP contribution in [0.25, 0.3) is 0 Å². The summed E-state index contributed by atoms with van der Waals surface area (Å²) in [5.74, 6) is -0.0706. The van der Waals surface area contributed by atoms with E-state index in [4.69, 9.17) is 4.74 Å². The number of esters is 1. The molecule has 0 bridgehead atoms. The second-order valence-corrected chi connectivity index (χ2v) is 8.05. The van der Waals surface area contributed by atoms with Gasteiger partial charge in [0, 0.05) is 31.5 Å². The van der Waals surface area contributed by atoms with E-state index in [0.717, 1.165) is 32.2 Å². The molecule has 1 atom stereocenters. The Hall–Kier alpha value is -1.32. The van der Waals surface area contributed by atoms with Crippen LogP contribution in [0, 0.1) is 0 Å². The van der Waals surface area contributed by atoms with Crippen molar-refractivity contribution in [2.24, 2.45) is 0 Å². The van der Waals surface area contributed by atoms with E-state index in [1.54, 1.807) is 6.92 Å². The number of amides is 1. The molecule has 0 radical (unpaired) electrons. The summed E-state index contributed by atoms with van der Waals surface area (Å²) < 4.78 is 5.61. The Bertz CT molecular complexity index is 447. The van der Waals surface area contributed by atoms with Crippen LogP contribution in [-0.4, -0.2) is 36.0 Å². The van der Waals surface area contributed by atoms with Crippen molar-refractivity contribution in [3.63, 3.8) is 0 Å². The lowest BCUT2D eigenvalue weighted by Gasteiger charge is -2.22. The minimum atomic E-state index is -0.306. The molecule has 4 nitrogen and oxygen atoms in total. The Labute approximate surface area is 166 Å². The van der Waals surface area contributed by atoms with Crippen LogP contribution in [0.1, 0.15) is 104 Å². The van der Waals surface area contributed by atoms with Crippen molar-refractivity contribution in [3.05, 3.63) is 12.2 Å². The molecule has 1 saturated heterocycles. The van der Waals surface area contributed by atoms with Gasteiger partial charge >= 0.3 is 5.97 Å². The lowest BCUT2D eigenvalue weighted by atomic mass is 10.0. The van der Waals surface area contributed by atoms with Crippen molar-refractivity contribution in [1.29, 1.82) is 0 Å². The van der Waals surface area contributed by atoms with Gasteiger partial charge in [-0.2, -0.15) is 0 Å². The molecular formula is C23H41NO3. The third-order valence-electron chi connectivity index (χ3n) is 5.39. The number of likely N-dealkylation sites (tertiary alicyclic amines) is 1. The topological polar surface area (TPSA) is 46.6 Å². The zero-order valence-electron chi connectivity index (χ0n) is 17.8. The highest BCUT2D eigenvalue weighted by Crippen LogP contribution is 2.17. The summed E-state index contributed by atoms with van der Waals surface area (Å²) in [7, 11) is 0. The maximum Gasteiger partial charge on any atom is 0.333 e. The first kappa shape index (κ1) is 23.7. The number of ether oxygens (including phenoxy) is 1. The number of carbonyl (C=O) groups is 2. The second-order valence-electron chi connectivity index (χ2n) is 8.05. The maximum absolute atomic E-state index is 11.9. The number of hydrogen-bond donors (Lipinski definition) is 0. The molecule has 1 fully saturated rings. The SMILES string of the molecule is C=C(C)C(=O)OC(CCCCCCCCCCCC)CCN1CCCC1=O. The van der Waals surface area contributed by atoms with Crippen LogP contribution in [-0.2, 0) is 14.3 Å². The van der Waals surface area contributed by atoms with Crippen molar-refractivity contribution < 1.29 is 14.3 Å². The average Bonchev–Trinajstić information content (AvgIpc) is 3.05. The zero-order chi connectivity index (χ0) is 19.9. The molecule has 0 N–H and O–H groups in total. The molecule has 0 aromatic carbocycles. The highest BCUT2D eigenvalue weighted by Gasteiger charge is 2.22. The summed E-state index contributed by atoms with van der Waals surface area (Å²) in [6.45, 7) is 9.16. The summed E-state index contributed by atoms with van der Waals surface area (Å²) >= 11 is 0. The van der Waals surface area contributed by atoms with Gasteiger partial charge in [0.15, 0.2) is 0 Å². The van der Waals surface area contributed by atoms with Crippen LogP contribution in [0.2, 0.25) is 0 Å². The van der Waals surface area contributed by atoms with Crippen molar-refractivity contribution in [3.8, 4) is 0 Å². The minimum absolute atomic E-state index is 0.100. The molecule has 1 heterocycles. The van der Waals surface area contributed by atoms with Crippen LogP contribution >= 0.6 is 0 Å². The highest BCUT2D eigenvalue weighted by molar-refractivity contribution is 5.87. The van der Waals surface area contributed by atoms with Gasteiger partial charge in [-0.05, 0) is 26.2 Å². The summed E-state index contributed by atoms with van der Waals surface area (Å²) in [5, 5.41) is 0. The number of hydrogen-bond acceptors (Lipinski definition) is 3. The average molecular weight is 380 g/mol. The standard InChI is InChI=1S/C23H41NO3/c1-4-5-6-7-8-9-10-11-12-13-15-21(27-23(26)20(2)3)17-19-24-18-14-16-22(24)25/h21H,2,4-19H2,1,3H3. The van der Waals surface area contributed by atoms with E-state index in [2.05, 4.69) is 13.5 Å². The van der Waals surface area contributed by atoms with Crippen LogP contribution in [0.4, 0.5) is 0 Å². The quantitative estimate of drug-likeness (QED) is 0.193. The Morgan fingerprint density at radius 2 is 1.63 bits per heavy atom. The molecular weight excluding hydrogens is 338 g/mol. The van der Waals surface area contributed by atoms with Gasteiger partial charge in [0.05, 0.1) is 0 Å². The molecule has 0 saturated carbocycles. The van der Waals surface area contributed by atoms with E-state index < -0.39 is 0 Å². The van der Waals surface area contributed by atoms with E-state index >= 15 is 0 Å². The smallest absolute Gasteiger partial charge is 0.333 e. The number of carbonyl (C=O) groups excluding carboxylic acids is 2. The van der Waals surface area contributed by atoms with Gasteiger partial charge in [-0.25, -0.2) is 4.79 Å². The molecule has 1 amide bonds. The van der Waals surface area contributed by atoms with Gasteiger partial charge in [0.2, 0.25) is 5.91 Å². The first-order valence-corrected chi connectivity index (χ1v) is 11.2. The predicted octanol–water partition coefficient (Wildman–Crippen LogP) is 5.80. The lowest BCUT2D eigenvalue weighted by Crippen LogP contribution is -2.30. The third-order valence-corrected chi connectivity index (χ3v) is 5.39. The normalized spacial score (nSPS) is 15.2. The number of rotatable bonds is 16. The molecule has 27 heavy (non-hydrogen) atoms. The molecule has 0 spiro atoms. The fourth-order valence-electron chi connectivity index (χ4n) is 3.61. The van der Waals surface area contributed by atoms with Gasteiger partial charge in [-0.3, -0.25) is 4.79 Å². The molecule has 1 aliphatic heterocycles. The first-order valence-electron chi connectivity index (χ1n) is 11.2. The molecule has 1 aliphatic rings. The van der Waals surface area contributed by atoms with E-state index in [-0.39, 0.29) is 18.0 Å². The Morgan fingerprint density at radius 1 is 1.04 bits per heavy atom. The monoisotopic (exact) mass is 379 g/mol. The van der Waals surface area contributed by atoms with Crippen molar-refractivity contribution in [2.75, 3.05) is 13.1 Å². The highest BCUT2D eigenvalue weighted by atomic mass is 16.5. The largest absolute Gasteiger partial charge is 0.459 e. The summed E-state index contributed by atoms with van der Waals surface area (Å²) in [5.41, 5.74) is 0.445. The zero-order valence-corrected chi connectivity index (χ0v) is 17.8. The Balaban J connectivity index is 2.19. The molecule has 156 valence electrons. The van der Waals surface area contributed by atoms with Gasteiger partial charge in [0.25, 0.3) is 0 Å². The Morgan fingerprint density at radius 3 is 2.15 bits per heavy atom. The van der Waals surface area contributed by atoms with Gasteiger partial charge in [-0.15, -0.1) is 0 Å². The van der Waals surface area contributed by atoms with E-state index in [0.29, 0.717) is 18.5 Å². The molecule has 0 aromatic rings. The van der Waals surface area contributed by atoms with Crippen molar-refractivity contribution in [2.45, 2.75) is 110 Å². The number of nitrogens with zero attached hydrogens (tertiary/aromatic N) is 1. The maximum atomic E-state index is 11.9. The fraction of sp³-hybridized carbons (Fsp3) is 0.826. The second kappa shape index (κ2) is 14.7. The first-order chi connectivity index (χ1) is 13.0. The van der Waals surface area contributed by atoms with E-state index in [1.807, 2.05) is 4.90 Å². The van der Waals surface area contributed by atoms with Gasteiger partial charge in [-0.1, -0.05) is 71.3 Å². The van der Waals surface area contributed by atoms with Crippen LogP contribution in [0.3, 0.4) is 0 Å². The Kier molecular flexibility index (Phi) is 12.9. The van der Waals surface area contributed by atoms with Gasteiger partial charge in [0.1, 0.15) is 6.10 Å².